The molecule has 3 N–H and O–H groups in total. The Morgan fingerprint density at radius 1 is 1.00 bits per heavy atom. The number of fused-ring (bicyclic) bond motifs is 1. The van der Waals surface area contributed by atoms with Crippen LogP contribution < -0.4 is 15.4 Å². The minimum absolute atomic E-state index is 0.0889. The third kappa shape index (κ3) is 6.43. The fourth-order valence-corrected chi connectivity index (χ4v) is 3.05. The molecule has 0 aliphatic rings. The molecule has 0 atom stereocenters. The number of benzene rings is 3. The third-order valence-corrected chi connectivity index (χ3v) is 4.67. The summed E-state index contributed by atoms with van der Waals surface area (Å²) < 4.78 is 5.65. The molecule has 6 heteroatoms. The number of hydrogen-bond donors (Lipinski definition) is 3. The molecule has 0 aliphatic heterocycles. The molecule has 0 aromatic heterocycles. The maximum Gasteiger partial charge on any atom is 0.267 e. The highest BCUT2D eigenvalue weighted by atomic mass is 16.5. The molecular formula is C26H28N2O4. The van der Waals surface area contributed by atoms with E-state index < -0.39 is 11.8 Å². The van der Waals surface area contributed by atoms with Crippen LogP contribution >= 0.6 is 0 Å². The zero-order valence-corrected chi connectivity index (χ0v) is 18.3. The van der Waals surface area contributed by atoms with Gasteiger partial charge in [-0.2, -0.15) is 0 Å². The topological polar surface area (TPSA) is 87.7 Å². The minimum atomic E-state index is -0.475. The van der Waals surface area contributed by atoms with Crippen molar-refractivity contribution in [2.24, 2.45) is 5.92 Å². The molecule has 0 unspecified atom stereocenters. The third-order valence-electron chi connectivity index (χ3n) is 4.67. The molecule has 0 radical (unpaired) electrons. The van der Waals surface area contributed by atoms with Crippen LogP contribution in [0.2, 0.25) is 0 Å². The lowest BCUT2D eigenvalue weighted by molar-refractivity contribution is -0.117. The van der Waals surface area contributed by atoms with Crippen molar-refractivity contribution >= 4 is 28.7 Å². The number of carbonyl (C=O) groups is 2. The highest BCUT2D eigenvalue weighted by molar-refractivity contribution is 6.05. The number of nitrogens with one attached hydrogen (secondary N) is 2. The van der Waals surface area contributed by atoms with Gasteiger partial charge in [0.1, 0.15) is 11.4 Å². The van der Waals surface area contributed by atoms with Gasteiger partial charge in [-0.05, 0) is 58.7 Å². The van der Waals surface area contributed by atoms with Gasteiger partial charge in [0.25, 0.3) is 11.8 Å². The van der Waals surface area contributed by atoms with E-state index in [4.69, 9.17) is 9.84 Å². The lowest BCUT2D eigenvalue weighted by Crippen LogP contribution is -2.36. The van der Waals surface area contributed by atoms with Gasteiger partial charge in [0.15, 0.2) is 0 Å². The Bertz CT molecular complexity index is 1100. The summed E-state index contributed by atoms with van der Waals surface area (Å²) in [5.74, 6) is 0.199. The number of hydrogen-bond acceptors (Lipinski definition) is 4. The van der Waals surface area contributed by atoms with E-state index in [-0.39, 0.29) is 18.8 Å². The molecule has 0 fully saturated rings. The first-order valence-corrected chi connectivity index (χ1v) is 10.6. The van der Waals surface area contributed by atoms with E-state index in [1.807, 2.05) is 42.5 Å². The quantitative estimate of drug-likeness (QED) is 0.450. The fraction of sp³-hybridized carbons (Fsp3) is 0.231. The van der Waals surface area contributed by atoms with E-state index in [0.717, 1.165) is 16.3 Å². The SMILES string of the molecule is CC(C)COc1ccc(C(=O)N/C(=C/c2ccc3ccccc3c2)C(=O)NCCO)cc1. The molecule has 2 amide bonds. The maximum atomic E-state index is 12.8. The molecule has 6 nitrogen and oxygen atoms in total. The summed E-state index contributed by atoms with van der Waals surface area (Å²) in [5.41, 5.74) is 1.27. The van der Waals surface area contributed by atoms with Gasteiger partial charge in [-0.15, -0.1) is 0 Å². The van der Waals surface area contributed by atoms with Gasteiger partial charge in [-0.25, -0.2) is 0 Å². The van der Waals surface area contributed by atoms with Gasteiger partial charge >= 0.3 is 0 Å². The Hall–Kier alpha value is -3.64. The van der Waals surface area contributed by atoms with Gasteiger partial charge in [0.2, 0.25) is 0 Å². The van der Waals surface area contributed by atoms with Crippen molar-refractivity contribution in [2.45, 2.75) is 13.8 Å². The average Bonchev–Trinajstić information content (AvgIpc) is 2.81. The number of rotatable bonds is 9. The summed E-state index contributed by atoms with van der Waals surface area (Å²) in [7, 11) is 0. The second kappa shape index (κ2) is 11.1. The van der Waals surface area contributed by atoms with Gasteiger partial charge in [0, 0.05) is 12.1 Å². The van der Waals surface area contributed by atoms with Crippen LogP contribution in [0.5, 0.6) is 5.75 Å². The smallest absolute Gasteiger partial charge is 0.267 e. The van der Waals surface area contributed by atoms with Crippen molar-refractivity contribution in [1.82, 2.24) is 10.6 Å². The largest absolute Gasteiger partial charge is 0.493 e. The van der Waals surface area contributed by atoms with E-state index in [9.17, 15) is 9.59 Å². The molecule has 3 aromatic rings. The molecule has 0 bridgehead atoms. The molecule has 0 aliphatic carbocycles. The monoisotopic (exact) mass is 432 g/mol. The van der Waals surface area contributed by atoms with Crippen LogP contribution in [0, 0.1) is 5.92 Å². The van der Waals surface area contributed by atoms with E-state index >= 15 is 0 Å². The molecule has 3 rings (SSSR count). The summed E-state index contributed by atoms with van der Waals surface area (Å²) in [4.78, 5) is 25.4. The van der Waals surface area contributed by atoms with E-state index in [1.54, 1.807) is 30.3 Å². The van der Waals surface area contributed by atoms with Crippen LogP contribution in [-0.2, 0) is 4.79 Å². The molecule has 32 heavy (non-hydrogen) atoms. The second-order valence-electron chi connectivity index (χ2n) is 7.83. The van der Waals surface area contributed by atoms with Crippen molar-refractivity contribution in [1.29, 1.82) is 0 Å². The molecule has 0 spiro atoms. The van der Waals surface area contributed by atoms with Crippen LogP contribution in [0.15, 0.2) is 72.4 Å². The number of aliphatic hydroxyl groups is 1. The summed E-state index contributed by atoms with van der Waals surface area (Å²) in [6.07, 6.45) is 1.62. The van der Waals surface area contributed by atoms with Crippen molar-refractivity contribution in [3.63, 3.8) is 0 Å². The number of aliphatic hydroxyl groups excluding tert-OH is 1. The number of carbonyl (C=O) groups excluding carboxylic acids is 2. The summed E-state index contributed by atoms with van der Waals surface area (Å²) >= 11 is 0. The van der Waals surface area contributed by atoms with E-state index in [2.05, 4.69) is 24.5 Å². The fourth-order valence-electron chi connectivity index (χ4n) is 3.05. The Morgan fingerprint density at radius 2 is 1.72 bits per heavy atom. The zero-order chi connectivity index (χ0) is 22.9. The molecule has 166 valence electrons. The predicted molar refractivity (Wildman–Crippen MR) is 126 cm³/mol. The van der Waals surface area contributed by atoms with Crippen molar-refractivity contribution in [2.75, 3.05) is 19.8 Å². The van der Waals surface area contributed by atoms with E-state index in [0.29, 0.717) is 23.8 Å². The first kappa shape index (κ1) is 23.0. The minimum Gasteiger partial charge on any atom is -0.493 e. The van der Waals surface area contributed by atoms with Gasteiger partial charge in [-0.3, -0.25) is 9.59 Å². The zero-order valence-electron chi connectivity index (χ0n) is 18.3. The Kier molecular flexibility index (Phi) is 8.00. The van der Waals surface area contributed by atoms with E-state index in [1.165, 1.54) is 0 Å². The van der Waals surface area contributed by atoms with Crippen molar-refractivity contribution < 1.29 is 19.4 Å². The van der Waals surface area contributed by atoms with Gasteiger partial charge < -0.3 is 20.5 Å². The molecule has 0 heterocycles. The highest BCUT2D eigenvalue weighted by Crippen LogP contribution is 2.18. The van der Waals surface area contributed by atoms with Crippen LogP contribution in [0.4, 0.5) is 0 Å². The Balaban J connectivity index is 1.81. The first-order chi connectivity index (χ1) is 15.5. The molecule has 0 saturated heterocycles. The maximum absolute atomic E-state index is 12.8. The lowest BCUT2D eigenvalue weighted by Gasteiger charge is -2.12. The normalized spacial score (nSPS) is 11.4. The van der Waals surface area contributed by atoms with Crippen molar-refractivity contribution in [3.8, 4) is 5.75 Å². The number of ether oxygens (including phenoxy) is 1. The summed E-state index contributed by atoms with van der Waals surface area (Å²) in [6.45, 7) is 4.61. The molecule has 3 aromatic carbocycles. The summed E-state index contributed by atoms with van der Waals surface area (Å²) in [6, 6.07) is 20.5. The number of amides is 2. The van der Waals surface area contributed by atoms with Gasteiger partial charge in [-0.1, -0.05) is 50.2 Å². The summed E-state index contributed by atoms with van der Waals surface area (Å²) in [5, 5.41) is 16.4. The van der Waals surface area contributed by atoms with Crippen LogP contribution in [0.25, 0.3) is 16.8 Å². The van der Waals surface area contributed by atoms with Crippen molar-refractivity contribution in [3.05, 3.63) is 83.6 Å². The van der Waals surface area contributed by atoms with Crippen LogP contribution in [0.1, 0.15) is 29.8 Å². The molecule has 0 saturated carbocycles. The second-order valence-corrected chi connectivity index (χ2v) is 7.83. The Labute approximate surface area is 187 Å². The Morgan fingerprint density at radius 3 is 2.41 bits per heavy atom. The predicted octanol–water partition coefficient (Wildman–Crippen LogP) is 3.75. The standard InChI is InChI=1S/C26H28N2O4/c1-18(2)17-32-23-11-9-21(10-12-23)25(30)28-24(26(31)27-13-14-29)16-19-7-8-20-5-3-4-6-22(20)15-19/h3-12,15-16,18,29H,13-14,17H2,1-2H3,(H,27,31)(H,28,30)/b24-16+. The lowest BCUT2D eigenvalue weighted by atomic mass is 10.1. The molecular weight excluding hydrogens is 404 g/mol. The highest BCUT2D eigenvalue weighted by Gasteiger charge is 2.15. The first-order valence-electron chi connectivity index (χ1n) is 10.6. The van der Waals surface area contributed by atoms with Crippen LogP contribution in [-0.4, -0.2) is 36.7 Å². The average molecular weight is 433 g/mol. The van der Waals surface area contributed by atoms with Gasteiger partial charge in [0.05, 0.1) is 13.2 Å². The van der Waals surface area contributed by atoms with Crippen LogP contribution in [0.3, 0.4) is 0 Å².